The van der Waals surface area contributed by atoms with Gasteiger partial charge in [0.1, 0.15) is 0 Å². The molecule has 3 nitrogen and oxygen atoms in total. The summed E-state index contributed by atoms with van der Waals surface area (Å²) in [5, 5.41) is 3.17. The Morgan fingerprint density at radius 3 is 2.78 bits per heavy atom. The zero-order chi connectivity index (χ0) is 12.5. The Morgan fingerprint density at radius 2 is 2.06 bits per heavy atom. The molecule has 0 bridgehead atoms. The van der Waals surface area contributed by atoms with Crippen molar-refractivity contribution in [3.8, 4) is 0 Å². The monoisotopic (exact) mass is 244 g/mol. The maximum atomic E-state index is 12.2. The largest absolute Gasteiger partial charge is 0.348 e. The van der Waals surface area contributed by atoms with Gasteiger partial charge >= 0.3 is 0 Å². The zero-order valence-corrected chi connectivity index (χ0v) is 10.9. The summed E-state index contributed by atoms with van der Waals surface area (Å²) in [6.07, 6.45) is 3.78. The van der Waals surface area contributed by atoms with E-state index in [1.165, 1.54) is 12.8 Å². The van der Waals surface area contributed by atoms with Gasteiger partial charge in [-0.3, -0.25) is 9.69 Å². The van der Waals surface area contributed by atoms with E-state index in [4.69, 9.17) is 0 Å². The Kier molecular flexibility index (Phi) is 3.08. The summed E-state index contributed by atoms with van der Waals surface area (Å²) in [4.78, 5) is 14.7. The number of carbonyl (C=O) groups excluding carboxylic acids is 1. The second-order valence-electron chi connectivity index (χ2n) is 5.50. The van der Waals surface area contributed by atoms with Gasteiger partial charge in [-0.15, -0.1) is 0 Å². The average molecular weight is 244 g/mol. The van der Waals surface area contributed by atoms with Gasteiger partial charge in [0.05, 0.1) is 0 Å². The summed E-state index contributed by atoms with van der Waals surface area (Å²) in [5.74, 6) is 0.0794. The third-order valence-corrected chi connectivity index (χ3v) is 4.01. The van der Waals surface area contributed by atoms with Crippen molar-refractivity contribution in [1.82, 2.24) is 10.2 Å². The molecule has 1 aromatic carbocycles. The lowest BCUT2D eigenvalue weighted by Crippen LogP contribution is -2.37. The molecule has 1 aliphatic heterocycles. The number of carbonyl (C=O) groups is 1. The molecule has 1 N–H and O–H groups in total. The molecule has 1 saturated heterocycles. The number of nitrogens with one attached hydrogen (secondary N) is 1. The van der Waals surface area contributed by atoms with Gasteiger partial charge in [0, 0.05) is 30.7 Å². The van der Waals surface area contributed by atoms with Gasteiger partial charge < -0.3 is 5.32 Å². The van der Waals surface area contributed by atoms with E-state index in [0.29, 0.717) is 6.04 Å². The normalized spacial score (nSPS) is 24.2. The number of rotatable bonds is 3. The van der Waals surface area contributed by atoms with Crippen LogP contribution in [0.2, 0.25) is 0 Å². The standard InChI is InChI=1S/C15H20N2O/c1-11-4-2-3-5-14(11)15(18)16-12-8-9-17(10-12)13-6-7-13/h2-5,12-13H,6-10H2,1H3,(H,16,18). The minimum atomic E-state index is 0.0794. The number of nitrogens with zero attached hydrogens (tertiary/aromatic N) is 1. The van der Waals surface area contributed by atoms with Crippen molar-refractivity contribution < 1.29 is 4.79 Å². The maximum Gasteiger partial charge on any atom is 0.251 e. The van der Waals surface area contributed by atoms with Gasteiger partial charge in [-0.25, -0.2) is 0 Å². The number of hydrogen-bond donors (Lipinski definition) is 1. The highest BCUT2D eigenvalue weighted by Crippen LogP contribution is 2.29. The number of likely N-dealkylation sites (tertiary alicyclic amines) is 1. The van der Waals surface area contributed by atoms with Crippen LogP contribution < -0.4 is 5.32 Å². The molecule has 2 aliphatic rings. The van der Waals surface area contributed by atoms with Crippen LogP contribution >= 0.6 is 0 Å². The Balaban J connectivity index is 1.60. The molecule has 2 fully saturated rings. The molecule has 18 heavy (non-hydrogen) atoms. The summed E-state index contributed by atoms with van der Waals surface area (Å²) in [7, 11) is 0. The molecule has 1 aromatic rings. The first-order chi connectivity index (χ1) is 8.74. The summed E-state index contributed by atoms with van der Waals surface area (Å²) in [6, 6.07) is 8.92. The summed E-state index contributed by atoms with van der Waals surface area (Å²) in [5.41, 5.74) is 1.86. The molecule has 3 heteroatoms. The van der Waals surface area contributed by atoms with Gasteiger partial charge in [0.15, 0.2) is 0 Å². The van der Waals surface area contributed by atoms with E-state index < -0.39 is 0 Å². The van der Waals surface area contributed by atoms with E-state index in [1.807, 2.05) is 31.2 Å². The van der Waals surface area contributed by atoms with Crippen molar-refractivity contribution in [2.75, 3.05) is 13.1 Å². The van der Waals surface area contributed by atoms with E-state index in [9.17, 15) is 4.79 Å². The number of hydrogen-bond acceptors (Lipinski definition) is 2. The SMILES string of the molecule is Cc1ccccc1C(=O)NC1CCN(C2CC2)C1. The molecule has 1 heterocycles. The van der Waals surface area contributed by atoms with Crippen LogP contribution in [0.3, 0.4) is 0 Å². The van der Waals surface area contributed by atoms with E-state index in [-0.39, 0.29) is 5.91 Å². The molecule has 0 radical (unpaired) electrons. The Hall–Kier alpha value is -1.35. The molecule has 96 valence electrons. The summed E-state index contributed by atoms with van der Waals surface area (Å²) < 4.78 is 0. The van der Waals surface area contributed by atoms with Crippen molar-refractivity contribution in [2.24, 2.45) is 0 Å². The van der Waals surface area contributed by atoms with Gasteiger partial charge in [-0.05, 0) is 37.8 Å². The Labute approximate surface area is 108 Å². The average Bonchev–Trinajstić information content (AvgIpc) is 3.11. The molecule has 3 rings (SSSR count). The molecular weight excluding hydrogens is 224 g/mol. The second kappa shape index (κ2) is 4.73. The highest BCUT2D eigenvalue weighted by Gasteiger charge is 2.34. The smallest absolute Gasteiger partial charge is 0.251 e. The highest BCUT2D eigenvalue weighted by molar-refractivity contribution is 5.95. The van der Waals surface area contributed by atoms with Gasteiger partial charge in [0.25, 0.3) is 5.91 Å². The predicted molar refractivity (Wildman–Crippen MR) is 71.6 cm³/mol. The molecule has 0 aromatic heterocycles. The maximum absolute atomic E-state index is 12.2. The van der Waals surface area contributed by atoms with Crippen LogP contribution in [0.1, 0.15) is 35.2 Å². The fraction of sp³-hybridized carbons (Fsp3) is 0.533. The quantitative estimate of drug-likeness (QED) is 0.881. The van der Waals surface area contributed by atoms with E-state index >= 15 is 0 Å². The van der Waals surface area contributed by atoms with Crippen molar-refractivity contribution in [3.05, 3.63) is 35.4 Å². The molecule has 1 unspecified atom stereocenters. The van der Waals surface area contributed by atoms with Crippen molar-refractivity contribution in [1.29, 1.82) is 0 Å². The summed E-state index contributed by atoms with van der Waals surface area (Å²) in [6.45, 7) is 4.16. The van der Waals surface area contributed by atoms with Crippen LogP contribution in [0, 0.1) is 6.92 Å². The van der Waals surface area contributed by atoms with Gasteiger partial charge in [-0.2, -0.15) is 0 Å². The minimum absolute atomic E-state index is 0.0794. The van der Waals surface area contributed by atoms with Crippen molar-refractivity contribution in [2.45, 2.75) is 38.3 Å². The van der Waals surface area contributed by atoms with Crippen molar-refractivity contribution >= 4 is 5.91 Å². The van der Waals surface area contributed by atoms with Crippen molar-refractivity contribution in [3.63, 3.8) is 0 Å². The first kappa shape index (κ1) is 11.7. The van der Waals surface area contributed by atoms with E-state index in [2.05, 4.69) is 10.2 Å². The molecule has 1 amide bonds. The van der Waals surface area contributed by atoms with Gasteiger partial charge in [0.2, 0.25) is 0 Å². The van der Waals surface area contributed by atoms with E-state index in [0.717, 1.165) is 36.7 Å². The molecular formula is C15H20N2O. The van der Waals surface area contributed by atoms with Crippen LogP contribution in [-0.4, -0.2) is 36.0 Å². The Bertz CT molecular complexity index is 454. The van der Waals surface area contributed by atoms with Crippen LogP contribution in [0.5, 0.6) is 0 Å². The third kappa shape index (κ3) is 2.41. The van der Waals surface area contributed by atoms with Gasteiger partial charge in [-0.1, -0.05) is 18.2 Å². The lowest BCUT2D eigenvalue weighted by Gasteiger charge is -2.16. The molecule has 1 saturated carbocycles. The van der Waals surface area contributed by atoms with Crippen LogP contribution in [-0.2, 0) is 0 Å². The van der Waals surface area contributed by atoms with E-state index in [1.54, 1.807) is 0 Å². The minimum Gasteiger partial charge on any atom is -0.348 e. The fourth-order valence-electron chi connectivity index (χ4n) is 2.77. The van der Waals surface area contributed by atoms with Crippen LogP contribution in [0.25, 0.3) is 0 Å². The molecule has 1 atom stereocenters. The molecule has 0 spiro atoms. The number of aryl methyl sites for hydroxylation is 1. The predicted octanol–water partition coefficient (Wildman–Crippen LogP) is 1.96. The first-order valence-electron chi connectivity index (χ1n) is 6.84. The number of amides is 1. The zero-order valence-electron chi connectivity index (χ0n) is 10.9. The topological polar surface area (TPSA) is 32.3 Å². The lowest BCUT2D eigenvalue weighted by molar-refractivity contribution is 0.0937. The van der Waals surface area contributed by atoms with Crippen LogP contribution in [0.4, 0.5) is 0 Å². The second-order valence-corrected chi connectivity index (χ2v) is 5.50. The van der Waals surface area contributed by atoms with Crippen LogP contribution in [0.15, 0.2) is 24.3 Å². The summed E-state index contributed by atoms with van der Waals surface area (Å²) >= 11 is 0. The number of benzene rings is 1. The molecule has 1 aliphatic carbocycles. The third-order valence-electron chi connectivity index (χ3n) is 4.01. The lowest BCUT2D eigenvalue weighted by atomic mass is 10.1. The first-order valence-corrected chi connectivity index (χ1v) is 6.84. The fourth-order valence-corrected chi connectivity index (χ4v) is 2.77. The highest BCUT2D eigenvalue weighted by atomic mass is 16.1. The Morgan fingerprint density at radius 1 is 1.28 bits per heavy atom.